The lowest BCUT2D eigenvalue weighted by Crippen LogP contribution is -1.87. The molecule has 0 aliphatic heterocycles. The third-order valence-corrected chi connectivity index (χ3v) is 2.00. The van der Waals surface area contributed by atoms with Gasteiger partial charge >= 0.3 is 0 Å². The normalized spacial score (nSPS) is 13.1. The second-order valence-electron chi connectivity index (χ2n) is 2.14. The van der Waals surface area contributed by atoms with Gasteiger partial charge in [0.1, 0.15) is 5.82 Å². The van der Waals surface area contributed by atoms with Crippen LogP contribution in [0.5, 0.6) is 0 Å². The number of rotatable bonds is 1. The maximum atomic E-state index is 12.8. The summed E-state index contributed by atoms with van der Waals surface area (Å²) in [6.45, 7) is 1.97. The quantitative estimate of drug-likeness (QED) is 0.529. The predicted molar refractivity (Wildman–Crippen MR) is 48.8 cm³/mol. The highest BCUT2D eigenvalue weighted by Crippen LogP contribution is 2.23. The lowest BCUT2D eigenvalue weighted by molar-refractivity contribution is 0.612. The first kappa shape index (κ1) is 7.98. The van der Waals surface area contributed by atoms with Crippen molar-refractivity contribution in [1.82, 2.24) is 0 Å². The van der Waals surface area contributed by atoms with E-state index in [2.05, 4.69) is 22.6 Å². The van der Waals surface area contributed by atoms with E-state index in [1.165, 1.54) is 6.07 Å². The van der Waals surface area contributed by atoms with Gasteiger partial charge in [0.25, 0.3) is 0 Å². The van der Waals surface area contributed by atoms with Crippen molar-refractivity contribution in [2.75, 3.05) is 0 Å². The molecule has 1 aromatic carbocycles. The van der Waals surface area contributed by atoms with E-state index in [4.69, 9.17) is 0 Å². The highest BCUT2D eigenvalue weighted by atomic mass is 127. The molecule has 0 aliphatic rings. The van der Waals surface area contributed by atoms with Gasteiger partial charge in [0.2, 0.25) is 0 Å². The Morgan fingerprint density at radius 1 is 1.40 bits per heavy atom. The molecule has 0 aliphatic carbocycles. The largest absolute Gasteiger partial charge is 0.207 e. The fraction of sp³-hybridized carbons (Fsp3) is 0.250. The van der Waals surface area contributed by atoms with E-state index in [0.717, 1.165) is 5.56 Å². The minimum Gasteiger partial charge on any atom is -0.207 e. The van der Waals surface area contributed by atoms with Crippen LogP contribution in [0.4, 0.5) is 4.39 Å². The summed E-state index contributed by atoms with van der Waals surface area (Å²) in [5.41, 5.74) is 0.781. The molecule has 0 saturated carbocycles. The summed E-state index contributed by atoms with van der Waals surface area (Å²) in [7, 11) is 0. The van der Waals surface area contributed by atoms with Gasteiger partial charge in [-0.15, -0.1) is 0 Å². The standard InChI is InChI=1S/C8H8FI/c1-6(10)7-4-2-3-5-8(7)9/h2-6H,1H3. The molecule has 10 heavy (non-hydrogen) atoms. The predicted octanol–water partition coefficient (Wildman–Crippen LogP) is 3.32. The van der Waals surface area contributed by atoms with Crippen LogP contribution in [0.15, 0.2) is 24.3 Å². The fourth-order valence-corrected chi connectivity index (χ4v) is 1.30. The summed E-state index contributed by atoms with van der Waals surface area (Å²) in [6.07, 6.45) is 0. The van der Waals surface area contributed by atoms with Crippen LogP contribution < -0.4 is 0 Å². The Labute approximate surface area is 73.6 Å². The second kappa shape index (κ2) is 3.32. The number of hydrogen-bond acceptors (Lipinski definition) is 0. The monoisotopic (exact) mass is 250 g/mol. The molecule has 0 N–H and O–H groups in total. The van der Waals surface area contributed by atoms with Crippen molar-refractivity contribution in [2.24, 2.45) is 0 Å². The zero-order valence-electron chi connectivity index (χ0n) is 5.64. The molecule has 2 heteroatoms. The molecule has 1 rings (SSSR count). The fourth-order valence-electron chi connectivity index (χ4n) is 0.798. The smallest absolute Gasteiger partial charge is 0.127 e. The van der Waals surface area contributed by atoms with Crippen molar-refractivity contribution in [1.29, 1.82) is 0 Å². The third kappa shape index (κ3) is 1.68. The Hall–Kier alpha value is -0.120. The summed E-state index contributed by atoms with van der Waals surface area (Å²) in [5, 5.41) is 0. The molecule has 0 heterocycles. The van der Waals surface area contributed by atoms with Gasteiger partial charge in [0.15, 0.2) is 0 Å². The topological polar surface area (TPSA) is 0 Å². The van der Waals surface area contributed by atoms with E-state index in [9.17, 15) is 4.39 Å². The average Bonchev–Trinajstić information content (AvgIpc) is 1.88. The molecule has 0 saturated heterocycles. The van der Waals surface area contributed by atoms with Gasteiger partial charge in [-0.1, -0.05) is 40.8 Å². The zero-order chi connectivity index (χ0) is 7.56. The summed E-state index contributed by atoms with van der Waals surface area (Å²) in [6, 6.07) is 6.86. The van der Waals surface area contributed by atoms with Crippen molar-refractivity contribution < 1.29 is 4.39 Å². The molecule has 0 radical (unpaired) electrons. The molecule has 0 aromatic heterocycles. The Bertz CT molecular complexity index is 220. The number of hydrogen-bond donors (Lipinski definition) is 0. The number of halogens is 2. The number of benzene rings is 1. The molecule has 1 unspecified atom stereocenters. The lowest BCUT2D eigenvalue weighted by atomic mass is 10.2. The maximum absolute atomic E-state index is 12.8. The van der Waals surface area contributed by atoms with E-state index in [1.54, 1.807) is 6.07 Å². The molecule has 1 aromatic rings. The maximum Gasteiger partial charge on any atom is 0.127 e. The summed E-state index contributed by atoms with van der Waals surface area (Å²) < 4.78 is 13.1. The second-order valence-corrected chi connectivity index (χ2v) is 4.01. The number of alkyl halides is 1. The highest BCUT2D eigenvalue weighted by molar-refractivity contribution is 14.1. The van der Waals surface area contributed by atoms with Gasteiger partial charge in [-0.25, -0.2) is 4.39 Å². The zero-order valence-corrected chi connectivity index (χ0v) is 7.80. The van der Waals surface area contributed by atoms with Gasteiger partial charge in [-0.3, -0.25) is 0 Å². The Balaban J connectivity index is 3.03. The summed E-state index contributed by atoms with van der Waals surface area (Å²) in [5.74, 6) is -0.107. The SMILES string of the molecule is CC(I)c1ccccc1F. The van der Waals surface area contributed by atoms with Crippen molar-refractivity contribution in [3.05, 3.63) is 35.6 Å². The molecule has 1 atom stereocenters. The first-order valence-corrected chi connectivity index (χ1v) is 4.35. The third-order valence-electron chi connectivity index (χ3n) is 1.33. The first-order chi connectivity index (χ1) is 4.72. The minimum atomic E-state index is -0.107. The summed E-state index contributed by atoms with van der Waals surface area (Å²) >= 11 is 2.19. The van der Waals surface area contributed by atoms with Gasteiger partial charge in [0.05, 0.1) is 0 Å². The van der Waals surface area contributed by atoms with E-state index >= 15 is 0 Å². The van der Waals surface area contributed by atoms with E-state index in [-0.39, 0.29) is 9.74 Å². The molecule has 54 valence electrons. The first-order valence-electron chi connectivity index (χ1n) is 3.10. The average molecular weight is 250 g/mol. The van der Waals surface area contributed by atoms with Gasteiger partial charge < -0.3 is 0 Å². The van der Waals surface area contributed by atoms with Gasteiger partial charge in [-0.05, 0) is 13.0 Å². The molecule has 0 nitrogen and oxygen atoms in total. The van der Waals surface area contributed by atoms with E-state index < -0.39 is 0 Å². The summed E-state index contributed by atoms with van der Waals surface area (Å²) in [4.78, 5) is 0. The van der Waals surface area contributed by atoms with Crippen LogP contribution in [0.25, 0.3) is 0 Å². The van der Waals surface area contributed by atoms with Crippen molar-refractivity contribution >= 4 is 22.6 Å². The molecule has 0 spiro atoms. The van der Waals surface area contributed by atoms with Crippen LogP contribution in [0.1, 0.15) is 16.4 Å². The molecule has 0 amide bonds. The van der Waals surface area contributed by atoms with Crippen LogP contribution in [0.2, 0.25) is 0 Å². The lowest BCUT2D eigenvalue weighted by Gasteiger charge is -2.02. The molecule has 0 fully saturated rings. The van der Waals surface area contributed by atoms with Gasteiger partial charge in [0, 0.05) is 9.49 Å². The van der Waals surface area contributed by atoms with Crippen molar-refractivity contribution in [3.63, 3.8) is 0 Å². The van der Waals surface area contributed by atoms with Crippen molar-refractivity contribution in [2.45, 2.75) is 10.8 Å². The van der Waals surface area contributed by atoms with Crippen molar-refractivity contribution in [3.8, 4) is 0 Å². The van der Waals surface area contributed by atoms with Crippen LogP contribution in [0, 0.1) is 5.82 Å². The highest BCUT2D eigenvalue weighted by Gasteiger charge is 2.04. The Kier molecular flexibility index (Phi) is 2.65. The van der Waals surface area contributed by atoms with E-state index in [0.29, 0.717) is 0 Å². The van der Waals surface area contributed by atoms with Crippen LogP contribution >= 0.6 is 22.6 Å². The Morgan fingerprint density at radius 2 is 2.00 bits per heavy atom. The molecular weight excluding hydrogens is 242 g/mol. The minimum absolute atomic E-state index is 0.107. The molecular formula is C8H8FI. The van der Waals surface area contributed by atoms with Crippen LogP contribution in [-0.4, -0.2) is 0 Å². The molecule has 0 bridgehead atoms. The van der Waals surface area contributed by atoms with E-state index in [1.807, 2.05) is 19.1 Å². The van der Waals surface area contributed by atoms with Gasteiger partial charge in [-0.2, -0.15) is 0 Å². The Morgan fingerprint density at radius 3 is 2.40 bits per heavy atom. The van der Waals surface area contributed by atoms with Crippen LogP contribution in [-0.2, 0) is 0 Å². The van der Waals surface area contributed by atoms with Crippen LogP contribution in [0.3, 0.4) is 0 Å².